The Morgan fingerprint density at radius 3 is 2.64 bits per heavy atom. The summed E-state index contributed by atoms with van der Waals surface area (Å²) < 4.78 is 0. The van der Waals surface area contributed by atoms with Gasteiger partial charge in [0.1, 0.15) is 0 Å². The molecule has 0 bridgehead atoms. The van der Waals surface area contributed by atoms with Gasteiger partial charge in [-0.25, -0.2) is 0 Å². The summed E-state index contributed by atoms with van der Waals surface area (Å²) in [5.74, 6) is 2.07. The number of carbonyl (C=O) groups is 2. The predicted octanol–water partition coefficient (Wildman–Crippen LogP) is 5.38. The zero-order valence-electron chi connectivity index (χ0n) is 15.4. The maximum Gasteiger partial charge on any atom is 0.248 e. The van der Waals surface area contributed by atoms with Crippen LogP contribution in [0.3, 0.4) is 0 Å². The van der Waals surface area contributed by atoms with Crippen LogP contribution in [0.4, 0.5) is 0 Å². The van der Waals surface area contributed by atoms with E-state index in [-0.39, 0.29) is 21.9 Å². The SMILES string of the molecule is C/C(C(=O)Cl)=C1\CC[C@H]2[C@@H]3CCC4=CC(=O)C=C[C@]4(C)[C@H]3CC[C@]12C. The highest BCUT2D eigenvalue weighted by molar-refractivity contribution is 6.67. The van der Waals surface area contributed by atoms with Crippen molar-refractivity contribution in [2.24, 2.45) is 28.6 Å². The lowest BCUT2D eigenvalue weighted by molar-refractivity contribution is -0.111. The van der Waals surface area contributed by atoms with Gasteiger partial charge in [0.15, 0.2) is 5.78 Å². The Kier molecular flexibility index (Phi) is 3.92. The Hall–Kier alpha value is -1.15. The van der Waals surface area contributed by atoms with E-state index in [1.807, 2.05) is 13.0 Å². The number of ketones is 1. The molecule has 0 unspecified atom stereocenters. The minimum absolute atomic E-state index is 0.0436. The summed E-state index contributed by atoms with van der Waals surface area (Å²) in [6.45, 7) is 6.61. The highest BCUT2D eigenvalue weighted by Crippen LogP contribution is 2.66. The fourth-order valence-corrected chi connectivity index (χ4v) is 6.86. The molecule has 0 aromatic carbocycles. The van der Waals surface area contributed by atoms with Crippen molar-refractivity contribution in [2.75, 3.05) is 0 Å². The van der Waals surface area contributed by atoms with E-state index in [0.29, 0.717) is 17.8 Å². The molecular formula is C22H27ClO2. The maximum absolute atomic E-state index is 11.8. The molecule has 25 heavy (non-hydrogen) atoms. The third-order valence-corrected chi connectivity index (χ3v) is 8.37. The predicted molar refractivity (Wildman–Crippen MR) is 100 cm³/mol. The molecule has 2 nitrogen and oxygen atoms in total. The Morgan fingerprint density at radius 1 is 1.16 bits per heavy atom. The number of hydrogen-bond acceptors (Lipinski definition) is 2. The lowest BCUT2D eigenvalue weighted by Gasteiger charge is -2.56. The van der Waals surface area contributed by atoms with Crippen LogP contribution in [-0.4, -0.2) is 11.0 Å². The molecule has 0 saturated heterocycles. The molecule has 3 heteroatoms. The number of fused-ring (bicyclic) bond motifs is 5. The standard InChI is InChI=1S/C22H27ClO2/c1-13(20(23)25)17-6-7-18-16-5-4-14-12-15(24)8-10-21(14,2)19(16)9-11-22(17,18)3/h8,10,12,16,18-19H,4-7,9,11H2,1-3H3/b17-13-/t16-,18-,19-,21-,22+/m0/s1. The molecule has 4 rings (SSSR count). The molecule has 0 aromatic heterocycles. The van der Waals surface area contributed by atoms with Gasteiger partial charge < -0.3 is 0 Å². The smallest absolute Gasteiger partial charge is 0.248 e. The first-order valence-corrected chi connectivity index (χ1v) is 9.99. The van der Waals surface area contributed by atoms with Gasteiger partial charge in [-0.05, 0) is 92.4 Å². The Bertz CT molecular complexity index is 743. The monoisotopic (exact) mass is 358 g/mol. The summed E-state index contributed by atoms with van der Waals surface area (Å²) in [4.78, 5) is 23.6. The zero-order valence-corrected chi connectivity index (χ0v) is 16.2. The number of allylic oxidation sites excluding steroid dienone is 6. The minimum Gasteiger partial charge on any atom is -0.290 e. The van der Waals surface area contributed by atoms with E-state index in [9.17, 15) is 9.59 Å². The van der Waals surface area contributed by atoms with E-state index >= 15 is 0 Å². The molecule has 4 aliphatic rings. The molecular weight excluding hydrogens is 332 g/mol. The van der Waals surface area contributed by atoms with Crippen LogP contribution in [0.5, 0.6) is 0 Å². The Morgan fingerprint density at radius 2 is 1.92 bits per heavy atom. The summed E-state index contributed by atoms with van der Waals surface area (Å²) in [6, 6.07) is 0. The second-order valence-corrected chi connectivity index (χ2v) is 9.32. The molecule has 0 radical (unpaired) electrons. The van der Waals surface area contributed by atoms with Gasteiger partial charge in [-0.1, -0.05) is 31.1 Å². The Labute approximate surface area is 155 Å². The highest BCUT2D eigenvalue weighted by atomic mass is 35.5. The molecule has 134 valence electrons. The van der Waals surface area contributed by atoms with Crippen molar-refractivity contribution in [3.05, 3.63) is 34.9 Å². The topological polar surface area (TPSA) is 34.1 Å². The fourth-order valence-electron chi connectivity index (χ4n) is 6.74. The zero-order chi connectivity index (χ0) is 18.0. The van der Waals surface area contributed by atoms with E-state index in [0.717, 1.165) is 31.3 Å². The summed E-state index contributed by atoms with van der Waals surface area (Å²) in [6.07, 6.45) is 12.5. The van der Waals surface area contributed by atoms with Crippen LogP contribution in [0, 0.1) is 28.6 Å². The van der Waals surface area contributed by atoms with E-state index in [2.05, 4.69) is 19.9 Å². The summed E-state index contributed by atoms with van der Waals surface area (Å²) >= 11 is 5.82. The van der Waals surface area contributed by atoms with E-state index in [4.69, 9.17) is 11.6 Å². The van der Waals surface area contributed by atoms with Crippen LogP contribution < -0.4 is 0 Å². The van der Waals surface area contributed by atoms with Gasteiger partial charge in [-0.15, -0.1) is 0 Å². The third-order valence-electron chi connectivity index (χ3n) is 8.09. The van der Waals surface area contributed by atoms with Gasteiger partial charge in [0, 0.05) is 11.0 Å². The molecule has 0 spiro atoms. The summed E-state index contributed by atoms with van der Waals surface area (Å²) in [5, 5.41) is -0.284. The average Bonchev–Trinajstić information content (AvgIpc) is 2.92. The van der Waals surface area contributed by atoms with Crippen molar-refractivity contribution < 1.29 is 9.59 Å². The molecule has 0 aromatic rings. The fraction of sp³-hybridized carbons (Fsp3) is 0.636. The third kappa shape index (κ3) is 2.36. The van der Waals surface area contributed by atoms with E-state index in [1.165, 1.54) is 24.0 Å². The second kappa shape index (κ2) is 5.67. The molecule has 3 fully saturated rings. The van der Waals surface area contributed by atoms with Crippen LogP contribution in [0.25, 0.3) is 0 Å². The van der Waals surface area contributed by atoms with Crippen molar-refractivity contribution in [3.63, 3.8) is 0 Å². The number of carbonyl (C=O) groups excluding carboxylic acids is 2. The van der Waals surface area contributed by atoms with Gasteiger partial charge in [0.25, 0.3) is 0 Å². The number of hydrogen-bond donors (Lipinski definition) is 0. The molecule has 3 saturated carbocycles. The second-order valence-electron chi connectivity index (χ2n) is 8.98. The summed E-state index contributed by atoms with van der Waals surface area (Å²) in [5.41, 5.74) is 3.61. The average molecular weight is 359 g/mol. The first-order chi connectivity index (χ1) is 11.8. The van der Waals surface area contributed by atoms with Gasteiger partial charge in [-0.3, -0.25) is 9.59 Å². The molecule has 0 N–H and O–H groups in total. The molecule has 0 heterocycles. The van der Waals surface area contributed by atoms with Crippen LogP contribution in [0.15, 0.2) is 34.9 Å². The van der Waals surface area contributed by atoms with Crippen molar-refractivity contribution in [1.82, 2.24) is 0 Å². The molecule has 0 amide bonds. The largest absolute Gasteiger partial charge is 0.290 e. The van der Waals surface area contributed by atoms with Crippen molar-refractivity contribution in [2.45, 2.75) is 59.3 Å². The van der Waals surface area contributed by atoms with Crippen LogP contribution >= 0.6 is 11.6 Å². The van der Waals surface area contributed by atoms with E-state index in [1.54, 1.807) is 6.08 Å². The van der Waals surface area contributed by atoms with Crippen LogP contribution in [0.2, 0.25) is 0 Å². The summed E-state index contributed by atoms with van der Waals surface area (Å²) in [7, 11) is 0. The first kappa shape index (κ1) is 17.3. The lowest BCUT2D eigenvalue weighted by Crippen LogP contribution is -2.48. The van der Waals surface area contributed by atoms with Gasteiger partial charge in [0.2, 0.25) is 5.24 Å². The molecule has 4 aliphatic carbocycles. The van der Waals surface area contributed by atoms with Crippen LogP contribution in [0.1, 0.15) is 59.3 Å². The van der Waals surface area contributed by atoms with Gasteiger partial charge in [-0.2, -0.15) is 0 Å². The highest BCUT2D eigenvalue weighted by Gasteiger charge is 2.57. The van der Waals surface area contributed by atoms with Crippen molar-refractivity contribution in [1.29, 1.82) is 0 Å². The molecule has 0 aliphatic heterocycles. The lowest BCUT2D eigenvalue weighted by atomic mass is 9.48. The first-order valence-electron chi connectivity index (χ1n) is 9.61. The van der Waals surface area contributed by atoms with Crippen molar-refractivity contribution in [3.8, 4) is 0 Å². The maximum atomic E-state index is 11.8. The number of rotatable bonds is 1. The molecule has 5 atom stereocenters. The van der Waals surface area contributed by atoms with Gasteiger partial charge in [0.05, 0.1) is 0 Å². The van der Waals surface area contributed by atoms with Crippen LogP contribution in [-0.2, 0) is 9.59 Å². The minimum atomic E-state index is -0.284. The van der Waals surface area contributed by atoms with Gasteiger partial charge >= 0.3 is 0 Å². The van der Waals surface area contributed by atoms with E-state index < -0.39 is 0 Å². The normalized spacial score (nSPS) is 44.6. The van der Waals surface area contributed by atoms with Crippen molar-refractivity contribution >= 4 is 22.6 Å². The quantitative estimate of drug-likeness (QED) is 0.466. The number of halogens is 1. The Balaban J connectivity index is 1.71.